The first-order valence-corrected chi connectivity index (χ1v) is 11.9. The molecular weight excluding hydrogens is 444 g/mol. The van der Waals surface area contributed by atoms with Crippen molar-refractivity contribution in [3.05, 3.63) is 71.4 Å². The number of benzene rings is 2. The number of rotatable bonds is 8. The second-order valence-electron chi connectivity index (χ2n) is 9.26. The monoisotopic (exact) mass is 476 g/mol. The van der Waals surface area contributed by atoms with Crippen LogP contribution in [0.15, 0.2) is 54.6 Å². The number of ether oxygens (including phenoxy) is 1. The predicted octanol–water partition coefficient (Wildman–Crippen LogP) is 3.65. The maximum absolute atomic E-state index is 13.0. The van der Waals surface area contributed by atoms with Gasteiger partial charge in [-0.3, -0.25) is 19.8 Å². The first kappa shape index (κ1) is 24.6. The standard InChI is InChI=1S/C27H32N4O4/c1-18-15-20(23-5-3-4-6-24(23)29-18)17-35-22-9-7-19(8-10-22)26(33)30-27(16-25(32)31-34)13-11-21(28-2)12-14-27/h3-10,15,21,28,34H,11-14,16-17H2,1-2H3,(H,30,33)(H,31,32). The lowest BCUT2D eigenvalue weighted by Gasteiger charge is -2.40. The molecule has 1 aliphatic rings. The van der Waals surface area contributed by atoms with Crippen molar-refractivity contribution in [3.63, 3.8) is 0 Å². The maximum Gasteiger partial charge on any atom is 0.251 e. The largest absolute Gasteiger partial charge is 0.489 e. The molecule has 0 unspecified atom stereocenters. The second kappa shape index (κ2) is 10.8. The summed E-state index contributed by atoms with van der Waals surface area (Å²) in [7, 11) is 1.92. The van der Waals surface area contributed by atoms with Gasteiger partial charge in [-0.15, -0.1) is 0 Å². The number of para-hydroxylation sites is 1. The van der Waals surface area contributed by atoms with Crippen LogP contribution in [0.4, 0.5) is 0 Å². The molecule has 4 rings (SSSR count). The van der Waals surface area contributed by atoms with Gasteiger partial charge in [0.2, 0.25) is 5.91 Å². The Bertz CT molecular complexity index is 1190. The number of aromatic nitrogens is 1. The minimum absolute atomic E-state index is 0.0339. The summed E-state index contributed by atoms with van der Waals surface area (Å²) in [6.45, 7) is 2.35. The van der Waals surface area contributed by atoms with Crippen molar-refractivity contribution in [1.82, 2.24) is 21.1 Å². The Morgan fingerprint density at radius 2 is 1.83 bits per heavy atom. The third kappa shape index (κ3) is 5.96. The number of hydroxylamine groups is 1. The number of hydrogen-bond donors (Lipinski definition) is 4. The average Bonchev–Trinajstić information content (AvgIpc) is 2.87. The van der Waals surface area contributed by atoms with Gasteiger partial charge in [0, 0.05) is 33.8 Å². The Labute approximate surface area is 205 Å². The molecule has 184 valence electrons. The van der Waals surface area contributed by atoms with Crippen molar-refractivity contribution in [2.75, 3.05) is 7.05 Å². The topological polar surface area (TPSA) is 113 Å². The lowest BCUT2D eigenvalue weighted by molar-refractivity contribution is -0.131. The summed E-state index contributed by atoms with van der Waals surface area (Å²) in [5.41, 5.74) is 4.42. The van der Waals surface area contributed by atoms with Crippen LogP contribution in [0.2, 0.25) is 0 Å². The van der Waals surface area contributed by atoms with Crippen molar-refractivity contribution < 1.29 is 19.5 Å². The molecule has 35 heavy (non-hydrogen) atoms. The molecule has 0 spiro atoms. The molecule has 8 heteroatoms. The van der Waals surface area contributed by atoms with Crippen LogP contribution in [-0.4, -0.2) is 40.6 Å². The molecule has 0 atom stereocenters. The van der Waals surface area contributed by atoms with Gasteiger partial charge in [-0.05, 0) is 76.1 Å². The fraction of sp³-hybridized carbons (Fsp3) is 0.370. The summed E-state index contributed by atoms with van der Waals surface area (Å²) in [5.74, 6) is -0.0965. The van der Waals surface area contributed by atoms with Gasteiger partial charge in [-0.2, -0.15) is 0 Å². The number of fused-ring (bicyclic) bond motifs is 1. The minimum Gasteiger partial charge on any atom is -0.489 e. The van der Waals surface area contributed by atoms with Crippen LogP contribution in [0.25, 0.3) is 10.9 Å². The van der Waals surface area contributed by atoms with E-state index in [1.54, 1.807) is 29.7 Å². The molecule has 2 amide bonds. The van der Waals surface area contributed by atoms with E-state index in [0.717, 1.165) is 35.0 Å². The van der Waals surface area contributed by atoms with Gasteiger partial charge in [0.1, 0.15) is 12.4 Å². The SMILES string of the molecule is CNC1CCC(CC(=O)NO)(NC(=O)c2ccc(OCc3cc(C)nc4ccccc34)cc2)CC1. The van der Waals surface area contributed by atoms with E-state index in [9.17, 15) is 9.59 Å². The molecule has 2 aromatic carbocycles. The number of pyridine rings is 1. The maximum atomic E-state index is 13.0. The van der Waals surface area contributed by atoms with Crippen molar-refractivity contribution >= 4 is 22.7 Å². The Hall–Kier alpha value is -3.49. The zero-order chi connectivity index (χ0) is 24.8. The Morgan fingerprint density at radius 3 is 2.51 bits per heavy atom. The van der Waals surface area contributed by atoms with Gasteiger partial charge in [-0.1, -0.05) is 18.2 Å². The number of nitrogens with one attached hydrogen (secondary N) is 3. The minimum atomic E-state index is -0.688. The highest BCUT2D eigenvalue weighted by Crippen LogP contribution is 2.32. The van der Waals surface area contributed by atoms with Crippen LogP contribution in [-0.2, 0) is 11.4 Å². The lowest BCUT2D eigenvalue weighted by Crippen LogP contribution is -2.54. The summed E-state index contributed by atoms with van der Waals surface area (Å²) < 4.78 is 6.00. The first-order valence-electron chi connectivity index (χ1n) is 11.9. The van der Waals surface area contributed by atoms with Gasteiger partial charge in [0.05, 0.1) is 11.9 Å². The fourth-order valence-corrected chi connectivity index (χ4v) is 4.84. The van der Waals surface area contributed by atoms with E-state index < -0.39 is 11.4 Å². The molecule has 0 radical (unpaired) electrons. The summed E-state index contributed by atoms with van der Waals surface area (Å²) in [4.78, 5) is 29.6. The number of amides is 2. The third-order valence-electron chi connectivity index (χ3n) is 6.79. The lowest BCUT2D eigenvalue weighted by atomic mass is 9.77. The number of carbonyl (C=O) groups excluding carboxylic acids is 2. The Balaban J connectivity index is 1.42. The molecule has 1 heterocycles. The molecular formula is C27H32N4O4. The van der Waals surface area contributed by atoms with Crippen LogP contribution in [0, 0.1) is 6.92 Å². The molecule has 0 bridgehead atoms. The van der Waals surface area contributed by atoms with E-state index in [1.165, 1.54) is 0 Å². The third-order valence-corrected chi connectivity index (χ3v) is 6.79. The summed E-state index contributed by atoms with van der Waals surface area (Å²) in [6.07, 6.45) is 3.01. The molecule has 8 nitrogen and oxygen atoms in total. The zero-order valence-corrected chi connectivity index (χ0v) is 20.1. The molecule has 0 aliphatic heterocycles. The molecule has 3 aromatic rings. The molecule has 0 saturated heterocycles. The summed E-state index contributed by atoms with van der Waals surface area (Å²) in [5, 5.41) is 16.4. The van der Waals surface area contributed by atoms with Gasteiger partial charge < -0.3 is 15.4 Å². The zero-order valence-electron chi connectivity index (χ0n) is 20.1. The summed E-state index contributed by atoms with van der Waals surface area (Å²) >= 11 is 0. The normalized spacial score (nSPS) is 19.8. The number of aryl methyl sites for hydroxylation is 1. The van der Waals surface area contributed by atoms with Crippen molar-refractivity contribution in [2.24, 2.45) is 0 Å². The molecule has 1 aromatic heterocycles. The van der Waals surface area contributed by atoms with E-state index in [1.807, 2.05) is 44.3 Å². The number of nitrogens with zero attached hydrogens (tertiary/aromatic N) is 1. The highest BCUT2D eigenvalue weighted by Gasteiger charge is 2.38. The number of hydrogen-bond acceptors (Lipinski definition) is 6. The first-order chi connectivity index (χ1) is 16.9. The molecule has 1 saturated carbocycles. The van der Waals surface area contributed by atoms with Crippen LogP contribution < -0.4 is 20.9 Å². The van der Waals surface area contributed by atoms with Crippen molar-refractivity contribution in [2.45, 2.75) is 57.2 Å². The van der Waals surface area contributed by atoms with Crippen LogP contribution in [0.1, 0.15) is 53.7 Å². The Morgan fingerprint density at radius 1 is 1.11 bits per heavy atom. The predicted molar refractivity (Wildman–Crippen MR) is 133 cm³/mol. The van der Waals surface area contributed by atoms with Crippen LogP contribution in [0.5, 0.6) is 5.75 Å². The van der Waals surface area contributed by atoms with Crippen LogP contribution in [0.3, 0.4) is 0 Å². The van der Waals surface area contributed by atoms with Gasteiger partial charge in [-0.25, -0.2) is 5.48 Å². The van der Waals surface area contributed by atoms with Crippen molar-refractivity contribution in [3.8, 4) is 5.75 Å². The van der Waals surface area contributed by atoms with Crippen LogP contribution >= 0.6 is 0 Å². The van der Waals surface area contributed by atoms with E-state index in [4.69, 9.17) is 9.94 Å². The average molecular weight is 477 g/mol. The molecule has 1 fully saturated rings. The smallest absolute Gasteiger partial charge is 0.251 e. The Kier molecular flexibility index (Phi) is 7.63. The van der Waals surface area contributed by atoms with E-state index in [-0.39, 0.29) is 12.3 Å². The van der Waals surface area contributed by atoms with Gasteiger partial charge in [0.25, 0.3) is 5.91 Å². The second-order valence-corrected chi connectivity index (χ2v) is 9.26. The molecule has 4 N–H and O–H groups in total. The highest BCUT2D eigenvalue weighted by atomic mass is 16.5. The van der Waals surface area contributed by atoms with Gasteiger partial charge in [0.15, 0.2) is 0 Å². The van der Waals surface area contributed by atoms with Gasteiger partial charge >= 0.3 is 0 Å². The number of carbonyl (C=O) groups is 2. The van der Waals surface area contributed by atoms with E-state index in [0.29, 0.717) is 36.8 Å². The molecule has 1 aliphatic carbocycles. The van der Waals surface area contributed by atoms with E-state index >= 15 is 0 Å². The quantitative estimate of drug-likeness (QED) is 0.292. The van der Waals surface area contributed by atoms with Crippen molar-refractivity contribution in [1.29, 1.82) is 0 Å². The fourth-order valence-electron chi connectivity index (χ4n) is 4.84. The highest BCUT2D eigenvalue weighted by molar-refractivity contribution is 5.95. The summed E-state index contributed by atoms with van der Waals surface area (Å²) in [6, 6.07) is 17.3. The van der Waals surface area contributed by atoms with E-state index in [2.05, 4.69) is 15.6 Å².